The minimum atomic E-state index is 0.522. The number of imidazole rings is 1. The number of fused-ring (bicyclic) bond motifs is 1. The summed E-state index contributed by atoms with van der Waals surface area (Å²) < 4.78 is 16.8. The molecule has 198 valence electrons. The summed E-state index contributed by atoms with van der Waals surface area (Å²) in [4.78, 5) is 17.2. The average molecular weight is 535 g/mol. The van der Waals surface area contributed by atoms with Crippen molar-refractivity contribution in [3.05, 3.63) is 59.8 Å². The number of nitrogens with zero attached hydrogens (tertiary/aromatic N) is 4. The Morgan fingerprint density at radius 3 is 2.37 bits per heavy atom. The van der Waals surface area contributed by atoms with E-state index >= 15 is 0 Å². The first-order valence-corrected chi connectivity index (χ1v) is 13.4. The topological polar surface area (TPSA) is 87.8 Å². The third-order valence-corrected chi connectivity index (χ3v) is 7.18. The average Bonchev–Trinajstić information content (AvgIpc) is 3.41. The van der Waals surface area contributed by atoms with Crippen molar-refractivity contribution in [1.82, 2.24) is 19.9 Å². The standard InChI is InChI=1S/C28H31ClN6O3/c29-24-19-30-28-26(25(24)31-21-3-5-22(6-4-21)35-12-16-37-17-13-35)32-27(33-28)20-1-7-23(8-2-20)38-18-11-34-9-14-36-15-10-34/h1-8,19H,9-18H2,(H2,30,31,32,33). The number of hydrogen-bond donors (Lipinski definition) is 2. The third kappa shape index (κ3) is 5.71. The van der Waals surface area contributed by atoms with Crippen LogP contribution in [0.2, 0.25) is 5.02 Å². The SMILES string of the molecule is Clc1cnc2nc(-c3ccc(OCCN4CCOCC4)cc3)[nH]c2c1Nc1ccc(N2CCOCC2)cc1. The smallest absolute Gasteiger partial charge is 0.180 e. The number of rotatable bonds is 8. The van der Waals surface area contributed by atoms with E-state index in [1.54, 1.807) is 6.20 Å². The summed E-state index contributed by atoms with van der Waals surface area (Å²) in [5.74, 6) is 1.56. The number of H-pyrrole nitrogens is 1. The Morgan fingerprint density at radius 1 is 0.921 bits per heavy atom. The predicted molar refractivity (Wildman–Crippen MR) is 150 cm³/mol. The van der Waals surface area contributed by atoms with Gasteiger partial charge in [0.05, 0.1) is 43.3 Å². The highest BCUT2D eigenvalue weighted by molar-refractivity contribution is 6.34. The number of morpholine rings is 2. The van der Waals surface area contributed by atoms with E-state index in [0.29, 0.717) is 17.3 Å². The second-order valence-corrected chi connectivity index (χ2v) is 9.77. The number of pyridine rings is 1. The van der Waals surface area contributed by atoms with Crippen molar-refractivity contribution in [2.45, 2.75) is 0 Å². The molecule has 0 spiro atoms. The van der Waals surface area contributed by atoms with Crippen LogP contribution in [0, 0.1) is 0 Å². The molecule has 0 atom stereocenters. The second kappa shape index (κ2) is 11.6. The maximum absolute atomic E-state index is 6.56. The molecule has 0 unspecified atom stereocenters. The zero-order valence-electron chi connectivity index (χ0n) is 21.2. The van der Waals surface area contributed by atoms with E-state index < -0.39 is 0 Å². The molecule has 0 aliphatic carbocycles. The molecule has 9 nitrogen and oxygen atoms in total. The second-order valence-electron chi connectivity index (χ2n) is 9.36. The van der Waals surface area contributed by atoms with E-state index in [2.05, 4.69) is 49.4 Å². The highest BCUT2D eigenvalue weighted by atomic mass is 35.5. The zero-order chi connectivity index (χ0) is 25.7. The summed E-state index contributed by atoms with van der Waals surface area (Å²) in [6.45, 7) is 8.39. The lowest BCUT2D eigenvalue weighted by atomic mass is 10.2. The summed E-state index contributed by atoms with van der Waals surface area (Å²) in [6.07, 6.45) is 1.63. The molecule has 0 amide bonds. The van der Waals surface area contributed by atoms with Crippen molar-refractivity contribution in [1.29, 1.82) is 0 Å². The fraction of sp³-hybridized carbons (Fsp3) is 0.357. The van der Waals surface area contributed by atoms with Crippen molar-refractivity contribution in [2.24, 2.45) is 0 Å². The van der Waals surface area contributed by atoms with Crippen molar-refractivity contribution >= 4 is 39.8 Å². The highest BCUT2D eigenvalue weighted by Gasteiger charge is 2.15. The molecule has 2 aromatic heterocycles. The number of hydrogen-bond acceptors (Lipinski definition) is 8. The van der Waals surface area contributed by atoms with Gasteiger partial charge in [0.15, 0.2) is 5.65 Å². The maximum atomic E-state index is 6.56. The Bertz CT molecular complexity index is 1350. The molecule has 0 bridgehead atoms. The van der Waals surface area contributed by atoms with Gasteiger partial charge in [0.25, 0.3) is 0 Å². The van der Waals surface area contributed by atoms with Crippen LogP contribution < -0.4 is 15.0 Å². The van der Waals surface area contributed by atoms with E-state index in [1.165, 1.54) is 5.69 Å². The van der Waals surface area contributed by atoms with Crippen LogP contribution in [-0.4, -0.2) is 85.6 Å². The lowest BCUT2D eigenvalue weighted by molar-refractivity contribution is 0.0322. The summed E-state index contributed by atoms with van der Waals surface area (Å²) in [5, 5.41) is 3.97. The lowest BCUT2D eigenvalue weighted by Crippen LogP contribution is -2.38. The zero-order valence-corrected chi connectivity index (χ0v) is 21.9. The molecular weight excluding hydrogens is 504 g/mol. The van der Waals surface area contributed by atoms with Gasteiger partial charge in [0, 0.05) is 49.7 Å². The van der Waals surface area contributed by atoms with Gasteiger partial charge in [0.1, 0.15) is 23.7 Å². The van der Waals surface area contributed by atoms with Gasteiger partial charge in [-0.2, -0.15) is 0 Å². The number of ether oxygens (including phenoxy) is 3. The Balaban J connectivity index is 1.14. The van der Waals surface area contributed by atoms with Crippen molar-refractivity contribution in [3.8, 4) is 17.1 Å². The van der Waals surface area contributed by atoms with Crippen LogP contribution in [0.5, 0.6) is 5.75 Å². The van der Waals surface area contributed by atoms with Crippen LogP contribution in [0.3, 0.4) is 0 Å². The number of aromatic amines is 1. The van der Waals surface area contributed by atoms with Crippen LogP contribution >= 0.6 is 11.6 Å². The summed E-state index contributed by atoms with van der Waals surface area (Å²) in [5.41, 5.74) is 5.17. The highest BCUT2D eigenvalue weighted by Crippen LogP contribution is 2.33. The predicted octanol–water partition coefficient (Wildman–Crippen LogP) is 4.57. The minimum absolute atomic E-state index is 0.522. The van der Waals surface area contributed by atoms with Crippen LogP contribution in [0.25, 0.3) is 22.6 Å². The summed E-state index contributed by atoms with van der Waals surface area (Å²) in [6, 6.07) is 16.3. The lowest BCUT2D eigenvalue weighted by Gasteiger charge is -2.29. The number of halogens is 1. The van der Waals surface area contributed by atoms with Crippen molar-refractivity contribution < 1.29 is 14.2 Å². The number of aromatic nitrogens is 3. The van der Waals surface area contributed by atoms with E-state index in [0.717, 1.165) is 93.2 Å². The quantitative estimate of drug-likeness (QED) is 0.340. The van der Waals surface area contributed by atoms with Gasteiger partial charge in [-0.05, 0) is 48.5 Å². The first kappa shape index (κ1) is 24.9. The van der Waals surface area contributed by atoms with Gasteiger partial charge in [0.2, 0.25) is 0 Å². The Hall–Kier alpha value is -3.37. The molecular formula is C28H31ClN6O3. The van der Waals surface area contributed by atoms with Gasteiger partial charge < -0.3 is 29.4 Å². The third-order valence-electron chi connectivity index (χ3n) is 6.89. The Morgan fingerprint density at radius 2 is 1.63 bits per heavy atom. The largest absolute Gasteiger partial charge is 0.492 e. The van der Waals surface area contributed by atoms with E-state index in [4.69, 9.17) is 30.8 Å². The van der Waals surface area contributed by atoms with Crippen molar-refractivity contribution in [2.75, 3.05) is 76.0 Å². The summed E-state index contributed by atoms with van der Waals surface area (Å²) in [7, 11) is 0. The van der Waals surface area contributed by atoms with Crippen LogP contribution in [0.1, 0.15) is 0 Å². The molecule has 2 N–H and O–H groups in total. The van der Waals surface area contributed by atoms with Crippen LogP contribution in [0.15, 0.2) is 54.7 Å². The maximum Gasteiger partial charge on any atom is 0.180 e. The molecule has 38 heavy (non-hydrogen) atoms. The fourth-order valence-corrected chi connectivity index (χ4v) is 4.93. The summed E-state index contributed by atoms with van der Waals surface area (Å²) >= 11 is 6.56. The first-order valence-electron chi connectivity index (χ1n) is 13.0. The molecule has 2 aromatic carbocycles. The normalized spacial score (nSPS) is 16.6. The molecule has 2 aliphatic rings. The molecule has 6 rings (SSSR count). The number of anilines is 3. The first-order chi connectivity index (χ1) is 18.7. The molecule has 2 aliphatic heterocycles. The van der Waals surface area contributed by atoms with E-state index in [9.17, 15) is 0 Å². The monoisotopic (exact) mass is 534 g/mol. The molecule has 2 fully saturated rings. The molecule has 4 aromatic rings. The molecule has 0 radical (unpaired) electrons. The minimum Gasteiger partial charge on any atom is -0.492 e. The molecule has 10 heteroatoms. The molecule has 0 saturated carbocycles. The molecule has 2 saturated heterocycles. The van der Waals surface area contributed by atoms with Crippen LogP contribution in [0.4, 0.5) is 17.1 Å². The van der Waals surface area contributed by atoms with Gasteiger partial charge in [-0.25, -0.2) is 9.97 Å². The molecule has 4 heterocycles. The van der Waals surface area contributed by atoms with Gasteiger partial charge in [-0.1, -0.05) is 11.6 Å². The fourth-order valence-electron chi connectivity index (χ4n) is 4.74. The van der Waals surface area contributed by atoms with Gasteiger partial charge >= 0.3 is 0 Å². The Kier molecular flexibility index (Phi) is 7.59. The van der Waals surface area contributed by atoms with Crippen molar-refractivity contribution in [3.63, 3.8) is 0 Å². The van der Waals surface area contributed by atoms with Gasteiger partial charge in [-0.15, -0.1) is 0 Å². The van der Waals surface area contributed by atoms with E-state index in [1.807, 2.05) is 24.3 Å². The van der Waals surface area contributed by atoms with Gasteiger partial charge in [-0.3, -0.25) is 4.90 Å². The number of nitrogens with one attached hydrogen (secondary N) is 2. The van der Waals surface area contributed by atoms with E-state index in [-0.39, 0.29) is 0 Å². The van der Waals surface area contributed by atoms with Crippen LogP contribution in [-0.2, 0) is 9.47 Å². The Labute approximate surface area is 226 Å². The number of benzene rings is 2.